The van der Waals surface area contributed by atoms with Gasteiger partial charge in [-0.05, 0) is 75.7 Å². The number of rotatable bonds is 5. The molecule has 5 aliphatic rings. The van der Waals surface area contributed by atoms with Crippen LogP contribution in [0.15, 0.2) is 0 Å². The van der Waals surface area contributed by atoms with Crippen LogP contribution >= 0.6 is 0 Å². The van der Waals surface area contributed by atoms with Gasteiger partial charge in [0.15, 0.2) is 0 Å². The van der Waals surface area contributed by atoms with Gasteiger partial charge in [-0.3, -0.25) is 9.69 Å². The Morgan fingerprint density at radius 1 is 1.00 bits per heavy atom. The van der Waals surface area contributed by atoms with Crippen LogP contribution in [0.4, 0.5) is 0 Å². The van der Waals surface area contributed by atoms with Crippen LogP contribution in [0.3, 0.4) is 0 Å². The van der Waals surface area contributed by atoms with Crippen molar-refractivity contribution >= 4 is 5.91 Å². The highest BCUT2D eigenvalue weighted by atomic mass is 16.2. The lowest BCUT2D eigenvalue weighted by Gasteiger charge is -2.57. The molecule has 3 heteroatoms. The Kier molecular flexibility index (Phi) is 4.42. The fourth-order valence-corrected chi connectivity index (χ4v) is 6.73. The molecule has 4 bridgehead atoms. The summed E-state index contributed by atoms with van der Waals surface area (Å²) in [5, 5.41) is 3.55. The van der Waals surface area contributed by atoms with E-state index in [0.29, 0.717) is 18.5 Å². The van der Waals surface area contributed by atoms with Crippen molar-refractivity contribution in [2.45, 2.75) is 89.1 Å². The monoisotopic (exact) mass is 318 g/mol. The van der Waals surface area contributed by atoms with Gasteiger partial charge in [0, 0.05) is 11.6 Å². The summed E-state index contributed by atoms with van der Waals surface area (Å²) in [6, 6.07) is 0.649. The SMILES string of the molecule is CCN(CC(=O)NC12CC3CC(CC(C3)C1)C2)C1CCCCC1. The second kappa shape index (κ2) is 6.38. The zero-order valence-electron chi connectivity index (χ0n) is 14.9. The highest BCUT2D eigenvalue weighted by Crippen LogP contribution is 2.55. The van der Waals surface area contributed by atoms with Gasteiger partial charge in [0.1, 0.15) is 0 Å². The molecule has 0 saturated heterocycles. The molecule has 0 radical (unpaired) electrons. The van der Waals surface area contributed by atoms with Crippen molar-refractivity contribution < 1.29 is 4.79 Å². The minimum absolute atomic E-state index is 0.178. The van der Waals surface area contributed by atoms with Gasteiger partial charge >= 0.3 is 0 Å². The number of hydrogen-bond acceptors (Lipinski definition) is 2. The summed E-state index contributed by atoms with van der Waals surface area (Å²) in [5.41, 5.74) is 0.178. The van der Waals surface area contributed by atoms with Crippen LogP contribution in [0, 0.1) is 17.8 Å². The Bertz CT molecular complexity index is 406. The summed E-state index contributed by atoms with van der Waals surface area (Å²) in [6.07, 6.45) is 14.8. The van der Waals surface area contributed by atoms with Gasteiger partial charge in [0.2, 0.25) is 5.91 Å². The molecular weight excluding hydrogens is 284 g/mol. The van der Waals surface area contributed by atoms with E-state index in [4.69, 9.17) is 0 Å². The number of likely N-dealkylation sites (N-methyl/N-ethyl adjacent to an activating group) is 1. The van der Waals surface area contributed by atoms with Crippen LogP contribution in [0.2, 0.25) is 0 Å². The van der Waals surface area contributed by atoms with Crippen LogP contribution in [0.1, 0.15) is 77.6 Å². The van der Waals surface area contributed by atoms with Crippen LogP contribution < -0.4 is 5.32 Å². The third kappa shape index (κ3) is 3.31. The second-order valence-corrected chi connectivity index (χ2v) is 9.10. The van der Waals surface area contributed by atoms with Gasteiger partial charge in [-0.1, -0.05) is 26.2 Å². The van der Waals surface area contributed by atoms with E-state index in [1.165, 1.54) is 70.6 Å². The predicted octanol–water partition coefficient (Wildman–Crippen LogP) is 3.73. The molecule has 1 amide bonds. The maximum absolute atomic E-state index is 12.8. The van der Waals surface area contributed by atoms with Crippen molar-refractivity contribution in [3.05, 3.63) is 0 Å². The van der Waals surface area contributed by atoms with E-state index < -0.39 is 0 Å². The topological polar surface area (TPSA) is 32.3 Å². The fraction of sp³-hybridized carbons (Fsp3) is 0.950. The first kappa shape index (κ1) is 15.9. The molecule has 0 heterocycles. The number of carbonyl (C=O) groups is 1. The quantitative estimate of drug-likeness (QED) is 0.838. The Morgan fingerprint density at radius 3 is 2.09 bits per heavy atom. The average molecular weight is 319 g/mol. The minimum Gasteiger partial charge on any atom is -0.350 e. The van der Waals surface area contributed by atoms with Gasteiger partial charge in [-0.15, -0.1) is 0 Å². The summed E-state index contributed by atoms with van der Waals surface area (Å²) in [6.45, 7) is 3.86. The normalized spacial score (nSPS) is 39.8. The highest BCUT2D eigenvalue weighted by molar-refractivity contribution is 5.79. The first-order valence-corrected chi connectivity index (χ1v) is 10.2. The first-order valence-electron chi connectivity index (χ1n) is 10.2. The maximum Gasteiger partial charge on any atom is 0.234 e. The molecule has 0 aromatic rings. The van der Waals surface area contributed by atoms with Crippen LogP contribution in [-0.2, 0) is 4.79 Å². The molecule has 0 aliphatic heterocycles. The van der Waals surface area contributed by atoms with E-state index in [-0.39, 0.29) is 5.54 Å². The number of carbonyl (C=O) groups excluding carboxylic acids is 1. The Balaban J connectivity index is 1.36. The Morgan fingerprint density at radius 2 is 1.57 bits per heavy atom. The van der Waals surface area contributed by atoms with E-state index in [2.05, 4.69) is 17.1 Å². The molecule has 23 heavy (non-hydrogen) atoms. The molecule has 0 spiro atoms. The third-order valence-corrected chi connectivity index (χ3v) is 7.29. The Labute approximate surface area is 141 Å². The van der Waals surface area contributed by atoms with E-state index >= 15 is 0 Å². The Hall–Kier alpha value is -0.570. The minimum atomic E-state index is 0.178. The van der Waals surface area contributed by atoms with E-state index in [9.17, 15) is 4.79 Å². The zero-order valence-corrected chi connectivity index (χ0v) is 14.9. The fourth-order valence-electron chi connectivity index (χ4n) is 6.73. The second-order valence-electron chi connectivity index (χ2n) is 9.10. The van der Waals surface area contributed by atoms with Gasteiger partial charge in [0.05, 0.1) is 6.54 Å². The molecule has 0 aromatic carbocycles. The smallest absolute Gasteiger partial charge is 0.234 e. The lowest BCUT2D eigenvalue weighted by atomic mass is 9.53. The number of nitrogens with zero attached hydrogens (tertiary/aromatic N) is 1. The molecule has 5 aliphatic carbocycles. The van der Waals surface area contributed by atoms with Crippen LogP contribution in [0.5, 0.6) is 0 Å². The molecule has 0 aromatic heterocycles. The molecular formula is C20H34N2O. The third-order valence-electron chi connectivity index (χ3n) is 7.29. The van der Waals surface area contributed by atoms with Crippen molar-refractivity contribution in [3.8, 4) is 0 Å². The molecule has 5 rings (SSSR count). The largest absolute Gasteiger partial charge is 0.350 e. The van der Waals surface area contributed by atoms with Crippen LogP contribution in [-0.4, -0.2) is 35.5 Å². The van der Waals surface area contributed by atoms with Crippen molar-refractivity contribution in [1.29, 1.82) is 0 Å². The molecule has 5 fully saturated rings. The number of hydrogen-bond donors (Lipinski definition) is 1. The zero-order chi connectivity index (χ0) is 15.9. The lowest BCUT2D eigenvalue weighted by molar-refractivity contribution is -0.128. The summed E-state index contributed by atoms with van der Waals surface area (Å²) in [5.74, 6) is 3.02. The van der Waals surface area contributed by atoms with Gasteiger partial charge in [-0.25, -0.2) is 0 Å². The van der Waals surface area contributed by atoms with Crippen LogP contribution in [0.25, 0.3) is 0 Å². The van der Waals surface area contributed by atoms with Crippen molar-refractivity contribution in [2.75, 3.05) is 13.1 Å². The van der Waals surface area contributed by atoms with Gasteiger partial charge in [-0.2, -0.15) is 0 Å². The summed E-state index contributed by atoms with van der Waals surface area (Å²) >= 11 is 0. The van der Waals surface area contributed by atoms with Gasteiger partial charge in [0.25, 0.3) is 0 Å². The van der Waals surface area contributed by atoms with Gasteiger partial charge < -0.3 is 5.32 Å². The standard InChI is InChI=1S/C20H34N2O/c1-2-22(18-6-4-3-5-7-18)14-19(23)21-20-11-15-8-16(12-20)10-17(9-15)13-20/h15-18H,2-14H2,1H3,(H,21,23). The molecule has 130 valence electrons. The molecule has 1 N–H and O–H groups in total. The molecule has 3 nitrogen and oxygen atoms in total. The van der Waals surface area contributed by atoms with Crippen molar-refractivity contribution in [1.82, 2.24) is 10.2 Å². The predicted molar refractivity (Wildman–Crippen MR) is 93.2 cm³/mol. The number of amides is 1. The summed E-state index contributed by atoms with van der Waals surface area (Å²) in [7, 11) is 0. The van der Waals surface area contributed by atoms with Crippen molar-refractivity contribution in [3.63, 3.8) is 0 Å². The number of nitrogens with one attached hydrogen (secondary N) is 1. The summed E-state index contributed by atoms with van der Waals surface area (Å²) in [4.78, 5) is 15.2. The van der Waals surface area contributed by atoms with E-state index in [0.717, 1.165) is 24.3 Å². The average Bonchev–Trinajstić information content (AvgIpc) is 2.51. The molecule has 0 atom stereocenters. The van der Waals surface area contributed by atoms with E-state index in [1.54, 1.807) is 0 Å². The van der Waals surface area contributed by atoms with Crippen molar-refractivity contribution in [2.24, 2.45) is 17.8 Å². The summed E-state index contributed by atoms with van der Waals surface area (Å²) < 4.78 is 0. The molecule has 0 unspecified atom stereocenters. The van der Waals surface area contributed by atoms with E-state index in [1.807, 2.05) is 0 Å². The maximum atomic E-state index is 12.8. The lowest BCUT2D eigenvalue weighted by Crippen LogP contribution is -2.61. The first-order chi connectivity index (χ1) is 11.2. The molecule has 5 saturated carbocycles. The highest BCUT2D eigenvalue weighted by Gasteiger charge is 2.51.